The van der Waals surface area contributed by atoms with E-state index in [1.807, 2.05) is 12.1 Å². The van der Waals surface area contributed by atoms with E-state index in [-0.39, 0.29) is 5.97 Å². The van der Waals surface area contributed by atoms with Crippen molar-refractivity contribution in [1.29, 1.82) is 0 Å². The lowest BCUT2D eigenvalue weighted by molar-refractivity contribution is 0.0599. The molecule has 0 aliphatic rings. The molecule has 1 aromatic carbocycles. The van der Waals surface area contributed by atoms with Gasteiger partial charge >= 0.3 is 5.97 Å². The van der Waals surface area contributed by atoms with Gasteiger partial charge in [0, 0.05) is 18.3 Å². The van der Waals surface area contributed by atoms with Crippen LogP contribution in [0.2, 0.25) is 0 Å². The van der Waals surface area contributed by atoms with E-state index in [9.17, 15) is 4.79 Å². The van der Waals surface area contributed by atoms with E-state index in [4.69, 9.17) is 10.5 Å². The number of nitrogens with zero attached hydrogens (tertiary/aromatic N) is 1. The van der Waals surface area contributed by atoms with Crippen molar-refractivity contribution in [2.24, 2.45) is 0 Å². The van der Waals surface area contributed by atoms with Crippen LogP contribution >= 0.6 is 0 Å². The van der Waals surface area contributed by atoms with Gasteiger partial charge in [0.25, 0.3) is 0 Å². The number of carbonyl (C=O) groups excluding carboxylic acids is 1. The van der Waals surface area contributed by atoms with E-state index in [0.717, 1.165) is 18.4 Å². The molecule has 0 atom stereocenters. The maximum atomic E-state index is 11.8. The smallest absolute Gasteiger partial charge is 0.340 e. The van der Waals surface area contributed by atoms with Crippen LogP contribution < -0.4 is 5.73 Å². The monoisotopic (exact) mass is 264 g/mol. The summed E-state index contributed by atoms with van der Waals surface area (Å²) < 4.78 is 4.82. The van der Waals surface area contributed by atoms with Crippen LogP contribution in [0.3, 0.4) is 0 Å². The van der Waals surface area contributed by atoms with Gasteiger partial charge in [-0.05, 0) is 31.5 Å². The largest absolute Gasteiger partial charge is 0.465 e. The molecule has 0 amide bonds. The van der Waals surface area contributed by atoms with Crippen LogP contribution in [0.5, 0.6) is 0 Å². The third kappa shape index (κ3) is 3.70. The minimum Gasteiger partial charge on any atom is -0.465 e. The number of hydrogen-bond donors (Lipinski definition) is 1. The molecule has 0 fully saturated rings. The zero-order chi connectivity index (χ0) is 14.4. The van der Waals surface area contributed by atoms with Crippen molar-refractivity contribution >= 4 is 11.7 Å². The van der Waals surface area contributed by atoms with Crippen molar-refractivity contribution in [2.75, 3.05) is 19.9 Å². The van der Waals surface area contributed by atoms with Gasteiger partial charge in [-0.1, -0.05) is 26.0 Å². The van der Waals surface area contributed by atoms with Crippen molar-refractivity contribution in [3.63, 3.8) is 0 Å². The van der Waals surface area contributed by atoms with E-state index >= 15 is 0 Å². The molecule has 0 bridgehead atoms. The molecule has 0 radical (unpaired) electrons. The number of ether oxygens (including phenoxy) is 1. The summed E-state index contributed by atoms with van der Waals surface area (Å²) in [5.74, 6) is -0.369. The molecular weight excluding hydrogens is 240 g/mol. The normalized spacial score (nSPS) is 11.1. The average molecular weight is 264 g/mol. The van der Waals surface area contributed by atoms with Gasteiger partial charge in [-0.25, -0.2) is 4.79 Å². The van der Waals surface area contributed by atoms with E-state index < -0.39 is 0 Å². The molecule has 2 N–H and O–H groups in total. The van der Waals surface area contributed by atoms with Crippen LogP contribution in [0.4, 0.5) is 5.69 Å². The van der Waals surface area contributed by atoms with Gasteiger partial charge in [0.2, 0.25) is 0 Å². The molecule has 0 unspecified atom stereocenters. The molecule has 19 heavy (non-hydrogen) atoms. The second-order valence-corrected chi connectivity index (χ2v) is 4.76. The van der Waals surface area contributed by atoms with Gasteiger partial charge in [-0.3, -0.25) is 4.90 Å². The van der Waals surface area contributed by atoms with Gasteiger partial charge in [-0.2, -0.15) is 0 Å². The van der Waals surface area contributed by atoms with Gasteiger partial charge in [0.15, 0.2) is 0 Å². The number of anilines is 1. The zero-order valence-electron chi connectivity index (χ0n) is 12.3. The summed E-state index contributed by atoms with van der Waals surface area (Å²) in [5, 5.41) is 0. The lowest BCUT2D eigenvalue weighted by Gasteiger charge is -2.27. The Morgan fingerprint density at radius 3 is 2.53 bits per heavy atom. The Kier molecular flexibility index (Phi) is 5.83. The highest BCUT2D eigenvalue weighted by molar-refractivity contribution is 5.96. The van der Waals surface area contributed by atoms with Gasteiger partial charge in [0.05, 0.1) is 12.7 Å². The lowest BCUT2D eigenvalue weighted by atomic mass is 10.0. The number of esters is 1. The molecule has 4 heteroatoms. The summed E-state index contributed by atoms with van der Waals surface area (Å²) in [6, 6.07) is 6.04. The Labute approximate surface area is 115 Å². The molecule has 106 valence electrons. The standard InChI is InChI=1S/C15H24N2O2/c1-5-12(6-2)17(3)10-11-8-7-9-13(16)14(11)15(18)19-4/h7-9,12H,5-6,10,16H2,1-4H3. The molecule has 0 aliphatic heterocycles. The third-order valence-electron chi connectivity index (χ3n) is 3.56. The molecule has 0 aliphatic carbocycles. The predicted molar refractivity (Wildman–Crippen MR) is 78.0 cm³/mol. The van der Waals surface area contributed by atoms with Crippen molar-refractivity contribution in [3.05, 3.63) is 29.3 Å². The van der Waals surface area contributed by atoms with Gasteiger partial charge < -0.3 is 10.5 Å². The molecule has 1 aromatic rings. The predicted octanol–water partition coefficient (Wildman–Crippen LogP) is 2.68. The number of methoxy groups -OCH3 is 1. The van der Waals surface area contributed by atoms with E-state index in [0.29, 0.717) is 23.8 Å². The Morgan fingerprint density at radius 1 is 1.37 bits per heavy atom. The number of hydrogen-bond acceptors (Lipinski definition) is 4. The topological polar surface area (TPSA) is 55.6 Å². The molecule has 0 saturated carbocycles. The molecule has 0 aromatic heterocycles. The van der Waals surface area contributed by atoms with Crippen LogP contribution in [0.25, 0.3) is 0 Å². The van der Waals surface area contributed by atoms with E-state index in [1.165, 1.54) is 7.11 Å². The highest BCUT2D eigenvalue weighted by Crippen LogP contribution is 2.21. The average Bonchev–Trinajstić information content (AvgIpc) is 2.39. The maximum absolute atomic E-state index is 11.8. The summed E-state index contributed by atoms with van der Waals surface area (Å²) in [6.07, 6.45) is 2.17. The number of benzene rings is 1. The fraction of sp³-hybridized carbons (Fsp3) is 0.533. The molecule has 0 saturated heterocycles. The highest BCUT2D eigenvalue weighted by Gasteiger charge is 2.18. The second kappa shape index (κ2) is 7.14. The third-order valence-corrected chi connectivity index (χ3v) is 3.56. The Bertz CT molecular complexity index is 428. The Balaban J connectivity index is 3.01. The Hall–Kier alpha value is -1.55. The summed E-state index contributed by atoms with van der Waals surface area (Å²) in [4.78, 5) is 14.1. The fourth-order valence-corrected chi connectivity index (χ4v) is 2.41. The minimum absolute atomic E-state index is 0.369. The molecule has 0 heterocycles. The first-order valence-electron chi connectivity index (χ1n) is 6.71. The quantitative estimate of drug-likeness (QED) is 0.634. The SMILES string of the molecule is CCC(CC)N(C)Cc1cccc(N)c1C(=O)OC. The van der Waals surface area contributed by atoms with Crippen molar-refractivity contribution in [3.8, 4) is 0 Å². The summed E-state index contributed by atoms with van der Waals surface area (Å²) >= 11 is 0. The van der Waals surface area contributed by atoms with E-state index in [2.05, 4.69) is 25.8 Å². The van der Waals surface area contributed by atoms with E-state index in [1.54, 1.807) is 6.07 Å². The highest BCUT2D eigenvalue weighted by atomic mass is 16.5. The number of carbonyl (C=O) groups is 1. The summed E-state index contributed by atoms with van der Waals surface area (Å²) in [6.45, 7) is 5.04. The first kappa shape index (κ1) is 15.5. The van der Waals surface area contributed by atoms with Crippen LogP contribution in [0, 0.1) is 0 Å². The minimum atomic E-state index is -0.369. The van der Waals surface area contributed by atoms with Crippen LogP contribution in [-0.4, -0.2) is 31.1 Å². The molecule has 4 nitrogen and oxygen atoms in total. The molecular formula is C15H24N2O2. The number of nitrogen functional groups attached to an aromatic ring is 1. The lowest BCUT2D eigenvalue weighted by Crippen LogP contribution is -2.30. The zero-order valence-corrected chi connectivity index (χ0v) is 12.3. The fourth-order valence-electron chi connectivity index (χ4n) is 2.41. The van der Waals surface area contributed by atoms with Crippen LogP contribution in [-0.2, 0) is 11.3 Å². The number of nitrogens with two attached hydrogens (primary N) is 1. The molecule has 1 rings (SSSR count). The van der Waals surface area contributed by atoms with Gasteiger partial charge in [-0.15, -0.1) is 0 Å². The maximum Gasteiger partial charge on any atom is 0.340 e. The molecule has 0 spiro atoms. The van der Waals surface area contributed by atoms with Gasteiger partial charge in [0.1, 0.15) is 0 Å². The first-order chi connectivity index (χ1) is 9.04. The van der Waals surface area contributed by atoms with Crippen LogP contribution in [0.15, 0.2) is 18.2 Å². The van der Waals surface area contributed by atoms with Crippen molar-refractivity contribution in [2.45, 2.75) is 39.3 Å². The number of rotatable bonds is 6. The first-order valence-corrected chi connectivity index (χ1v) is 6.71. The van der Waals surface area contributed by atoms with Crippen LogP contribution in [0.1, 0.15) is 42.6 Å². The summed E-state index contributed by atoms with van der Waals surface area (Å²) in [7, 11) is 3.45. The second-order valence-electron chi connectivity index (χ2n) is 4.76. The Morgan fingerprint density at radius 2 is 2.00 bits per heavy atom. The summed E-state index contributed by atoms with van der Waals surface area (Å²) in [5.41, 5.74) is 7.78. The van der Waals surface area contributed by atoms with Crippen molar-refractivity contribution in [1.82, 2.24) is 4.90 Å². The van der Waals surface area contributed by atoms with Crippen molar-refractivity contribution < 1.29 is 9.53 Å².